The number of aromatic carboxylic acids is 1. The molecule has 0 aliphatic carbocycles. The Morgan fingerprint density at radius 2 is 1.55 bits per heavy atom. The second-order valence-electron chi connectivity index (χ2n) is 8.13. The number of fused-ring (bicyclic) bond motifs is 1. The molecule has 1 unspecified atom stereocenters. The third-order valence-corrected chi connectivity index (χ3v) is 8.00. The van der Waals surface area contributed by atoms with Crippen LogP contribution in [-0.2, 0) is 12.4 Å². The number of amides is 1. The van der Waals surface area contributed by atoms with Crippen LogP contribution in [0.25, 0.3) is 10.9 Å². The van der Waals surface area contributed by atoms with E-state index in [0.717, 1.165) is 10.9 Å². The van der Waals surface area contributed by atoms with E-state index in [9.17, 15) is 17.4 Å². The standard InChI is InChI=1S/C17H21AsN2O8.C9H7NO2/c1-10(21)19-14-7-11(5-6-13(14)18(22,23)28-24)20-12-8-15(25-2)17(27-4)16(9-12)26-3;11-9(12)8-5-6-3-1-2-4-7(6)10-8/h5-9,20,24H,1-4H3,(H,19,21)(H,22,23);1-5,10H,(H,11,12). The Balaban J connectivity index is 0.000000302. The average Bonchev–Trinajstić information content (AvgIpc) is 3.37. The van der Waals surface area contributed by atoms with Gasteiger partial charge in [-0.15, -0.1) is 0 Å². The number of para-hydroxylation sites is 1. The number of carboxylic acid groups (broad SMARTS) is 1. The van der Waals surface area contributed by atoms with Crippen molar-refractivity contribution in [1.29, 1.82) is 0 Å². The summed E-state index contributed by atoms with van der Waals surface area (Å²) in [4.78, 5) is 24.8. The van der Waals surface area contributed by atoms with Crippen molar-refractivity contribution in [2.45, 2.75) is 6.92 Å². The van der Waals surface area contributed by atoms with Crippen LogP contribution in [0.2, 0.25) is 0 Å². The van der Waals surface area contributed by atoms with Gasteiger partial charge in [-0.05, 0) is 12.1 Å². The quantitative estimate of drug-likeness (QED) is 0.0918. The number of hydrogen-bond acceptors (Lipinski definition) is 9. The van der Waals surface area contributed by atoms with E-state index in [1.165, 1.54) is 46.5 Å². The second-order valence-corrected chi connectivity index (χ2v) is 11.7. The van der Waals surface area contributed by atoms with Gasteiger partial charge in [0.15, 0.2) is 0 Å². The molecule has 40 heavy (non-hydrogen) atoms. The van der Waals surface area contributed by atoms with E-state index in [4.69, 9.17) is 24.6 Å². The SMILES string of the molecule is COc1cc(Nc2ccc([As](=O)(O)OO)c(NC(C)=O)c2)cc(OC)c1OC.O=C(O)c1cc2ccccc2[nH]1. The molecule has 1 aromatic heterocycles. The van der Waals surface area contributed by atoms with E-state index in [1.54, 1.807) is 18.2 Å². The van der Waals surface area contributed by atoms with Crippen molar-refractivity contribution >= 4 is 58.4 Å². The molecule has 0 aliphatic heterocycles. The summed E-state index contributed by atoms with van der Waals surface area (Å²) in [6, 6.07) is 16.6. The number of hydrogen-bond donors (Lipinski definition) is 6. The van der Waals surface area contributed by atoms with Crippen molar-refractivity contribution in [2.75, 3.05) is 32.0 Å². The molecule has 1 amide bonds. The molecule has 1 heterocycles. The van der Waals surface area contributed by atoms with Gasteiger partial charge in [0.05, 0.1) is 0 Å². The smallest absolute Gasteiger partial charge is 0.352 e. The first-order valence-electron chi connectivity index (χ1n) is 11.5. The summed E-state index contributed by atoms with van der Waals surface area (Å²) in [5.41, 5.74) is 2.18. The van der Waals surface area contributed by atoms with Crippen molar-refractivity contribution in [1.82, 2.24) is 4.98 Å². The first-order valence-corrected chi connectivity index (χ1v) is 14.8. The Morgan fingerprint density at radius 3 is 2.08 bits per heavy atom. The van der Waals surface area contributed by atoms with Crippen LogP contribution in [0.1, 0.15) is 17.4 Å². The van der Waals surface area contributed by atoms with E-state index in [2.05, 4.69) is 19.5 Å². The number of H-pyrrole nitrogens is 1. The van der Waals surface area contributed by atoms with E-state index in [-0.39, 0.29) is 15.7 Å². The van der Waals surface area contributed by atoms with Crippen LogP contribution in [0.4, 0.5) is 17.1 Å². The molecule has 0 saturated carbocycles. The van der Waals surface area contributed by atoms with Crippen molar-refractivity contribution in [3.8, 4) is 17.2 Å². The van der Waals surface area contributed by atoms with Crippen LogP contribution in [0.5, 0.6) is 17.2 Å². The molecular weight excluding hydrogens is 589 g/mol. The van der Waals surface area contributed by atoms with Crippen LogP contribution in [0.15, 0.2) is 60.7 Å². The van der Waals surface area contributed by atoms with Gasteiger partial charge in [-0.3, -0.25) is 0 Å². The number of methoxy groups -OCH3 is 3. The number of carbonyl (C=O) groups excluding carboxylic acids is 1. The van der Waals surface area contributed by atoms with Crippen molar-refractivity contribution in [3.63, 3.8) is 0 Å². The van der Waals surface area contributed by atoms with Gasteiger partial charge in [-0.2, -0.15) is 0 Å². The Kier molecular flexibility index (Phi) is 9.86. The predicted molar refractivity (Wildman–Crippen MR) is 147 cm³/mol. The fraction of sp³-hybridized carbons (Fsp3) is 0.154. The first-order chi connectivity index (χ1) is 19.0. The summed E-state index contributed by atoms with van der Waals surface area (Å²) in [7, 11) is 4.46. The number of aromatic nitrogens is 1. The number of aromatic amines is 1. The van der Waals surface area contributed by atoms with Gasteiger partial charge in [0.25, 0.3) is 0 Å². The third-order valence-electron chi connectivity index (χ3n) is 5.44. The first kappa shape index (κ1) is 30.1. The van der Waals surface area contributed by atoms with Crippen molar-refractivity contribution < 1.29 is 45.9 Å². The van der Waals surface area contributed by atoms with Crippen LogP contribution < -0.4 is 29.2 Å². The predicted octanol–water partition coefficient (Wildman–Crippen LogP) is 3.34. The van der Waals surface area contributed by atoms with Crippen molar-refractivity contribution in [2.24, 2.45) is 0 Å². The Labute approximate surface area is 231 Å². The van der Waals surface area contributed by atoms with E-state index in [0.29, 0.717) is 28.6 Å². The Morgan fingerprint density at radius 1 is 0.900 bits per heavy atom. The molecular formula is C26H28AsN3O10. The number of ether oxygens (including phenoxy) is 3. The van der Waals surface area contributed by atoms with E-state index in [1.807, 2.05) is 24.3 Å². The molecule has 0 spiro atoms. The maximum absolute atomic E-state index is 12.0. The van der Waals surface area contributed by atoms with Crippen LogP contribution >= 0.6 is 0 Å². The minimum Gasteiger partial charge on any atom is -0.477 e. The summed E-state index contributed by atoms with van der Waals surface area (Å²) in [6.07, 6.45) is 0. The van der Waals surface area contributed by atoms with E-state index < -0.39 is 26.0 Å². The summed E-state index contributed by atoms with van der Waals surface area (Å²) in [5.74, 6) is -0.0979. The molecule has 0 bridgehead atoms. The van der Waals surface area contributed by atoms with Gasteiger partial charge in [0.2, 0.25) is 0 Å². The zero-order valence-electron chi connectivity index (χ0n) is 21.9. The normalized spacial score (nSPS) is 11.9. The number of anilines is 3. The zero-order valence-corrected chi connectivity index (χ0v) is 23.8. The fourth-order valence-electron chi connectivity index (χ4n) is 3.70. The molecule has 4 rings (SSSR count). The van der Waals surface area contributed by atoms with Gasteiger partial charge in [-0.25, -0.2) is 4.79 Å². The molecule has 1 atom stereocenters. The number of carbonyl (C=O) groups is 2. The van der Waals surface area contributed by atoms with Gasteiger partial charge in [-0.1, -0.05) is 18.2 Å². The Bertz CT molecular complexity index is 1510. The number of benzene rings is 3. The van der Waals surface area contributed by atoms with Gasteiger partial charge in [0.1, 0.15) is 5.69 Å². The molecule has 13 nitrogen and oxygen atoms in total. The average molecular weight is 617 g/mol. The molecule has 212 valence electrons. The third kappa shape index (κ3) is 7.15. The maximum Gasteiger partial charge on any atom is 0.352 e. The topological polar surface area (TPSA) is 189 Å². The molecule has 14 heteroatoms. The van der Waals surface area contributed by atoms with Crippen LogP contribution in [-0.4, -0.2) is 66.8 Å². The van der Waals surface area contributed by atoms with Gasteiger partial charge >= 0.3 is 170 Å². The summed E-state index contributed by atoms with van der Waals surface area (Å²) in [5, 5.41) is 23.8. The second kappa shape index (κ2) is 13.1. The summed E-state index contributed by atoms with van der Waals surface area (Å²) >= 11 is -5.19. The number of rotatable bonds is 9. The number of carboxylic acids is 1. The van der Waals surface area contributed by atoms with E-state index >= 15 is 0 Å². The molecule has 4 aromatic rings. The molecule has 0 aliphatic rings. The van der Waals surface area contributed by atoms with Crippen LogP contribution in [0, 0.1) is 0 Å². The van der Waals surface area contributed by atoms with Crippen molar-refractivity contribution in [3.05, 3.63) is 66.4 Å². The molecule has 0 radical (unpaired) electrons. The largest absolute Gasteiger partial charge is 0.477 e. The monoisotopic (exact) mass is 617 g/mol. The molecule has 0 fully saturated rings. The fourth-order valence-corrected chi connectivity index (χ4v) is 5.33. The minimum absolute atomic E-state index is 0.0315. The maximum atomic E-state index is 12.0. The van der Waals surface area contributed by atoms with Crippen LogP contribution in [0.3, 0.4) is 0 Å². The number of nitrogens with one attached hydrogen (secondary N) is 3. The Hall–Kier alpha value is -4.42. The molecule has 6 N–H and O–H groups in total. The zero-order chi connectivity index (χ0) is 29.4. The minimum atomic E-state index is -5.19. The molecule has 0 saturated heterocycles. The summed E-state index contributed by atoms with van der Waals surface area (Å²) in [6.45, 7) is 1.25. The van der Waals surface area contributed by atoms with Gasteiger partial charge < -0.3 is 10.1 Å². The summed E-state index contributed by atoms with van der Waals surface area (Å²) < 4.78 is 41.2. The van der Waals surface area contributed by atoms with Gasteiger partial charge in [0, 0.05) is 10.9 Å². The molecule has 3 aromatic carbocycles.